The third-order valence-corrected chi connectivity index (χ3v) is 4.17. The molecule has 27 heavy (non-hydrogen) atoms. The van der Waals surface area contributed by atoms with E-state index >= 15 is 0 Å². The summed E-state index contributed by atoms with van der Waals surface area (Å²) in [6, 6.07) is 18.5. The molecule has 0 aliphatic heterocycles. The number of carbonyl (C=O) groups is 2. The lowest BCUT2D eigenvalue weighted by Gasteiger charge is -2.11. The van der Waals surface area contributed by atoms with Gasteiger partial charge in [-0.25, -0.2) is 0 Å². The average Bonchev–Trinajstić information content (AvgIpc) is 2.71. The summed E-state index contributed by atoms with van der Waals surface area (Å²) in [4.78, 5) is 23.6. The van der Waals surface area contributed by atoms with Crippen LogP contribution in [0.1, 0.15) is 43.2 Å². The normalized spacial score (nSPS) is 11.6. The van der Waals surface area contributed by atoms with Gasteiger partial charge >= 0.3 is 11.9 Å². The molecule has 0 bridgehead atoms. The van der Waals surface area contributed by atoms with Crippen molar-refractivity contribution < 1.29 is 19.1 Å². The molecule has 0 aliphatic carbocycles. The van der Waals surface area contributed by atoms with Gasteiger partial charge in [0.25, 0.3) is 0 Å². The zero-order chi connectivity index (χ0) is 19.3. The van der Waals surface area contributed by atoms with E-state index in [9.17, 15) is 9.59 Å². The standard InChI is InChI=1S/C22H27NO4/c23-20(22(25)27-17-19-12-6-2-7-13-19)14-8-3-9-15-21(24)26-16-18-10-4-1-5-11-18/h1-2,4-7,10-13,20H,3,8-9,14-17,23H2/t20-/m1/s1. The molecule has 2 aromatic rings. The van der Waals surface area contributed by atoms with Gasteiger partial charge in [-0.15, -0.1) is 0 Å². The molecule has 0 saturated heterocycles. The predicted octanol–water partition coefficient (Wildman–Crippen LogP) is 3.75. The average molecular weight is 369 g/mol. The Labute approximate surface area is 160 Å². The lowest BCUT2D eigenvalue weighted by molar-refractivity contribution is -0.147. The van der Waals surface area contributed by atoms with E-state index in [0.29, 0.717) is 19.4 Å². The van der Waals surface area contributed by atoms with Crippen molar-refractivity contribution in [3.05, 3.63) is 71.8 Å². The first-order chi connectivity index (χ1) is 13.1. The van der Waals surface area contributed by atoms with E-state index in [1.807, 2.05) is 60.7 Å². The topological polar surface area (TPSA) is 78.6 Å². The van der Waals surface area contributed by atoms with Crippen LogP contribution in [-0.2, 0) is 32.3 Å². The van der Waals surface area contributed by atoms with Crippen molar-refractivity contribution in [3.63, 3.8) is 0 Å². The first-order valence-electron chi connectivity index (χ1n) is 9.31. The molecule has 0 saturated carbocycles. The minimum atomic E-state index is -0.626. The summed E-state index contributed by atoms with van der Waals surface area (Å²) in [6.07, 6.45) is 3.24. The number of esters is 2. The third kappa shape index (κ3) is 8.51. The molecule has 0 aromatic heterocycles. The maximum absolute atomic E-state index is 11.9. The maximum Gasteiger partial charge on any atom is 0.323 e. The van der Waals surface area contributed by atoms with Crippen LogP contribution in [-0.4, -0.2) is 18.0 Å². The minimum Gasteiger partial charge on any atom is -0.461 e. The number of hydrogen-bond acceptors (Lipinski definition) is 5. The van der Waals surface area contributed by atoms with Gasteiger partial charge in [-0.05, 0) is 24.0 Å². The fourth-order valence-corrected chi connectivity index (χ4v) is 2.57. The number of ether oxygens (including phenoxy) is 2. The van der Waals surface area contributed by atoms with E-state index < -0.39 is 6.04 Å². The summed E-state index contributed by atoms with van der Waals surface area (Å²) in [6.45, 7) is 0.540. The van der Waals surface area contributed by atoms with Gasteiger partial charge in [0, 0.05) is 6.42 Å². The number of rotatable bonds is 11. The van der Waals surface area contributed by atoms with E-state index in [1.165, 1.54) is 0 Å². The molecule has 0 aliphatic rings. The Bertz CT molecular complexity index is 688. The van der Waals surface area contributed by atoms with Gasteiger partial charge in [0.1, 0.15) is 19.3 Å². The van der Waals surface area contributed by atoms with E-state index in [2.05, 4.69) is 0 Å². The van der Waals surface area contributed by atoms with Crippen LogP contribution < -0.4 is 5.73 Å². The van der Waals surface area contributed by atoms with Gasteiger partial charge in [-0.3, -0.25) is 9.59 Å². The molecule has 144 valence electrons. The van der Waals surface area contributed by atoms with Crippen LogP contribution >= 0.6 is 0 Å². The smallest absolute Gasteiger partial charge is 0.323 e. The van der Waals surface area contributed by atoms with Crippen molar-refractivity contribution in [2.75, 3.05) is 0 Å². The van der Waals surface area contributed by atoms with Crippen LogP contribution in [0.5, 0.6) is 0 Å². The van der Waals surface area contributed by atoms with Crippen LogP contribution in [0.25, 0.3) is 0 Å². The fourth-order valence-electron chi connectivity index (χ4n) is 2.57. The Balaban J connectivity index is 1.51. The second-order valence-corrected chi connectivity index (χ2v) is 6.45. The number of benzene rings is 2. The maximum atomic E-state index is 11.9. The number of hydrogen-bond donors (Lipinski definition) is 1. The highest BCUT2D eigenvalue weighted by Gasteiger charge is 2.14. The molecule has 0 heterocycles. The van der Waals surface area contributed by atoms with Gasteiger partial charge in [0.15, 0.2) is 0 Å². The molecule has 2 aromatic carbocycles. The lowest BCUT2D eigenvalue weighted by Crippen LogP contribution is -2.32. The summed E-state index contributed by atoms with van der Waals surface area (Å²) in [5.74, 6) is -0.591. The summed E-state index contributed by atoms with van der Waals surface area (Å²) >= 11 is 0. The van der Waals surface area contributed by atoms with Gasteiger partial charge < -0.3 is 15.2 Å². The van der Waals surface area contributed by atoms with Crippen molar-refractivity contribution in [3.8, 4) is 0 Å². The van der Waals surface area contributed by atoms with Gasteiger partial charge in [-0.1, -0.05) is 73.5 Å². The van der Waals surface area contributed by atoms with Crippen molar-refractivity contribution in [1.29, 1.82) is 0 Å². The van der Waals surface area contributed by atoms with Crippen LogP contribution in [0.3, 0.4) is 0 Å². The Morgan fingerprint density at radius 3 is 1.93 bits per heavy atom. The summed E-state index contributed by atoms with van der Waals surface area (Å²) in [7, 11) is 0. The second-order valence-electron chi connectivity index (χ2n) is 6.45. The zero-order valence-electron chi connectivity index (χ0n) is 15.5. The summed E-state index contributed by atoms with van der Waals surface area (Å²) in [5.41, 5.74) is 7.78. The Kier molecular flexibility index (Phi) is 9.07. The highest BCUT2D eigenvalue weighted by molar-refractivity contribution is 5.75. The SMILES string of the molecule is N[C@H](CCCCCC(=O)OCc1ccccc1)C(=O)OCc1ccccc1. The summed E-state index contributed by atoms with van der Waals surface area (Å²) in [5, 5.41) is 0. The fraction of sp³-hybridized carbons (Fsp3) is 0.364. The number of nitrogens with two attached hydrogens (primary N) is 1. The molecule has 0 spiro atoms. The van der Waals surface area contributed by atoms with Crippen molar-refractivity contribution in [2.24, 2.45) is 5.73 Å². The molecular formula is C22H27NO4. The Morgan fingerprint density at radius 2 is 1.33 bits per heavy atom. The minimum absolute atomic E-state index is 0.203. The predicted molar refractivity (Wildman–Crippen MR) is 104 cm³/mol. The Morgan fingerprint density at radius 1 is 0.778 bits per heavy atom. The van der Waals surface area contributed by atoms with Gasteiger partial charge in [0.05, 0.1) is 0 Å². The number of carbonyl (C=O) groups excluding carboxylic acids is 2. The molecule has 0 radical (unpaired) electrons. The van der Waals surface area contributed by atoms with Crippen LogP contribution in [0.2, 0.25) is 0 Å². The van der Waals surface area contributed by atoms with E-state index in [1.54, 1.807) is 0 Å². The molecule has 2 N–H and O–H groups in total. The van der Waals surface area contributed by atoms with Gasteiger partial charge in [0.2, 0.25) is 0 Å². The molecule has 5 nitrogen and oxygen atoms in total. The zero-order valence-corrected chi connectivity index (χ0v) is 15.5. The van der Waals surface area contributed by atoms with E-state index in [4.69, 9.17) is 15.2 Å². The molecule has 0 unspecified atom stereocenters. The first kappa shape index (κ1) is 20.6. The van der Waals surface area contributed by atoms with E-state index in [-0.39, 0.29) is 18.5 Å². The van der Waals surface area contributed by atoms with Crippen LogP contribution in [0, 0.1) is 0 Å². The van der Waals surface area contributed by atoms with Crippen LogP contribution in [0.15, 0.2) is 60.7 Å². The molecule has 0 fully saturated rings. The lowest BCUT2D eigenvalue weighted by atomic mass is 10.1. The summed E-state index contributed by atoms with van der Waals surface area (Å²) < 4.78 is 10.5. The quantitative estimate of drug-likeness (QED) is 0.482. The second kappa shape index (κ2) is 11.9. The van der Waals surface area contributed by atoms with Crippen LogP contribution in [0.4, 0.5) is 0 Å². The molecular weight excluding hydrogens is 342 g/mol. The molecule has 0 amide bonds. The molecule has 2 rings (SSSR count). The third-order valence-electron chi connectivity index (χ3n) is 4.17. The largest absolute Gasteiger partial charge is 0.461 e. The highest BCUT2D eigenvalue weighted by Crippen LogP contribution is 2.09. The molecule has 1 atom stereocenters. The number of unbranched alkanes of at least 4 members (excludes halogenated alkanes) is 2. The van der Waals surface area contributed by atoms with Crippen molar-refractivity contribution in [1.82, 2.24) is 0 Å². The monoisotopic (exact) mass is 369 g/mol. The first-order valence-corrected chi connectivity index (χ1v) is 9.31. The Hall–Kier alpha value is -2.66. The highest BCUT2D eigenvalue weighted by atomic mass is 16.5. The van der Waals surface area contributed by atoms with Crippen molar-refractivity contribution in [2.45, 2.75) is 51.4 Å². The van der Waals surface area contributed by atoms with Crippen molar-refractivity contribution >= 4 is 11.9 Å². The van der Waals surface area contributed by atoms with E-state index in [0.717, 1.165) is 30.4 Å². The molecule has 5 heteroatoms. The van der Waals surface area contributed by atoms with Gasteiger partial charge in [-0.2, -0.15) is 0 Å².